The van der Waals surface area contributed by atoms with E-state index in [1.165, 1.54) is 6.07 Å². The second-order valence-corrected chi connectivity index (χ2v) is 9.33. The van der Waals surface area contributed by atoms with Gasteiger partial charge in [0.2, 0.25) is 0 Å². The molecule has 35 heavy (non-hydrogen) atoms. The molecule has 2 aromatic carbocycles. The molecule has 8 nitrogen and oxygen atoms in total. The lowest BCUT2D eigenvalue weighted by atomic mass is 10.2. The molecule has 0 aliphatic heterocycles. The highest BCUT2D eigenvalue weighted by molar-refractivity contribution is 6.32. The van der Waals surface area contributed by atoms with Crippen LogP contribution < -0.4 is 9.47 Å². The van der Waals surface area contributed by atoms with E-state index in [4.69, 9.17) is 42.7 Å². The number of carbonyl (C=O) groups excluding carboxylic acids is 1. The molecule has 0 spiro atoms. The van der Waals surface area contributed by atoms with Crippen LogP contribution in [0, 0.1) is 11.3 Å². The standard InChI is InChI=1S/C25H20Cl2N4O4/c1-25(2,3)35-24(32)31-23-19(5-4-8-29-23)21(30-31)14-33-17-6-7-20(27)22(12-17)34-18-10-15(13-28)9-16(26)11-18/h4-12H,14H2,1-3H3. The van der Waals surface area contributed by atoms with Gasteiger partial charge in [0.1, 0.15) is 35.2 Å². The normalized spacial score (nSPS) is 11.2. The predicted molar refractivity (Wildman–Crippen MR) is 131 cm³/mol. The number of carbonyl (C=O) groups is 1. The number of ether oxygens (including phenoxy) is 3. The second-order valence-electron chi connectivity index (χ2n) is 8.48. The van der Waals surface area contributed by atoms with Crippen LogP contribution in [0.5, 0.6) is 17.2 Å². The molecule has 178 valence electrons. The van der Waals surface area contributed by atoms with Crippen molar-refractivity contribution in [3.8, 4) is 23.3 Å². The van der Waals surface area contributed by atoms with E-state index in [0.29, 0.717) is 49.6 Å². The number of benzene rings is 2. The zero-order valence-corrected chi connectivity index (χ0v) is 20.6. The zero-order chi connectivity index (χ0) is 25.2. The summed E-state index contributed by atoms with van der Waals surface area (Å²) in [5.41, 5.74) is 0.550. The zero-order valence-electron chi connectivity index (χ0n) is 19.1. The van der Waals surface area contributed by atoms with Crippen LogP contribution in [0.4, 0.5) is 4.79 Å². The third-order valence-corrected chi connectivity index (χ3v) is 5.12. The van der Waals surface area contributed by atoms with Crippen molar-refractivity contribution in [3.05, 3.63) is 76.0 Å². The molecule has 0 unspecified atom stereocenters. The fourth-order valence-electron chi connectivity index (χ4n) is 3.17. The van der Waals surface area contributed by atoms with Crippen LogP contribution >= 0.6 is 23.2 Å². The average molecular weight is 511 g/mol. The van der Waals surface area contributed by atoms with E-state index >= 15 is 0 Å². The number of hydrogen-bond donors (Lipinski definition) is 0. The monoisotopic (exact) mass is 510 g/mol. The first-order valence-corrected chi connectivity index (χ1v) is 11.3. The Labute approximate surface area is 211 Å². The summed E-state index contributed by atoms with van der Waals surface area (Å²) >= 11 is 12.3. The fraction of sp³-hybridized carbons (Fsp3) is 0.200. The van der Waals surface area contributed by atoms with Gasteiger partial charge in [-0.15, -0.1) is 4.68 Å². The number of fused-ring (bicyclic) bond motifs is 1. The van der Waals surface area contributed by atoms with E-state index in [2.05, 4.69) is 10.1 Å². The van der Waals surface area contributed by atoms with Gasteiger partial charge in [-0.25, -0.2) is 9.78 Å². The topological polar surface area (TPSA) is 99.3 Å². The Morgan fingerprint density at radius 3 is 2.66 bits per heavy atom. The lowest BCUT2D eigenvalue weighted by molar-refractivity contribution is 0.0520. The Morgan fingerprint density at radius 1 is 1.11 bits per heavy atom. The summed E-state index contributed by atoms with van der Waals surface area (Å²) in [5, 5.41) is 14.9. The summed E-state index contributed by atoms with van der Waals surface area (Å²) in [4.78, 5) is 16.9. The van der Waals surface area contributed by atoms with Gasteiger partial charge in [0, 0.05) is 22.7 Å². The van der Waals surface area contributed by atoms with Gasteiger partial charge >= 0.3 is 6.09 Å². The summed E-state index contributed by atoms with van der Waals surface area (Å²) in [6.45, 7) is 5.38. The van der Waals surface area contributed by atoms with Crippen molar-refractivity contribution in [1.29, 1.82) is 5.26 Å². The highest BCUT2D eigenvalue weighted by Crippen LogP contribution is 2.34. The van der Waals surface area contributed by atoms with E-state index < -0.39 is 11.7 Å². The maximum atomic E-state index is 12.6. The number of hydrogen-bond acceptors (Lipinski definition) is 7. The first-order valence-electron chi connectivity index (χ1n) is 10.5. The predicted octanol–water partition coefficient (Wildman–Crippen LogP) is 6.76. The van der Waals surface area contributed by atoms with Crippen molar-refractivity contribution in [2.75, 3.05) is 0 Å². The van der Waals surface area contributed by atoms with Crippen LogP contribution in [-0.2, 0) is 11.3 Å². The molecule has 2 aromatic heterocycles. The lowest BCUT2D eigenvalue weighted by Gasteiger charge is -2.18. The second kappa shape index (κ2) is 9.82. The average Bonchev–Trinajstić information content (AvgIpc) is 3.17. The molecular formula is C25H20Cl2N4O4. The largest absolute Gasteiger partial charge is 0.487 e. The summed E-state index contributed by atoms with van der Waals surface area (Å²) in [5.74, 6) is 1.14. The molecule has 2 heterocycles. The van der Waals surface area contributed by atoms with Gasteiger partial charge in [-0.2, -0.15) is 10.4 Å². The maximum absolute atomic E-state index is 12.6. The van der Waals surface area contributed by atoms with Gasteiger partial charge in [0.25, 0.3) is 0 Å². The van der Waals surface area contributed by atoms with Crippen LogP contribution in [-0.4, -0.2) is 26.5 Å². The van der Waals surface area contributed by atoms with Crippen molar-refractivity contribution in [3.63, 3.8) is 0 Å². The minimum atomic E-state index is -0.683. The Hall–Kier alpha value is -3.80. The molecule has 4 rings (SSSR count). The van der Waals surface area contributed by atoms with Gasteiger partial charge in [-0.1, -0.05) is 23.2 Å². The highest BCUT2D eigenvalue weighted by Gasteiger charge is 2.23. The van der Waals surface area contributed by atoms with Gasteiger partial charge < -0.3 is 14.2 Å². The van der Waals surface area contributed by atoms with E-state index in [1.807, 2.05) is 6.07 Å². The smallest absolute Gasteiger partial charge is 0.437 e. The van der Waals surface area contributed by atoms with Crippen molar-refractivity contribution < 1.29 is 19.0 Å². The van der Waals surface area contributed by atoms with Crippen LogP contribution in [0.1, 0.15) is 32.0 Å². The number of rotatable bonds is 5. The molecule has 0 N–H and O–H groups in total. The molecule has 4 aromatic rings. The molecule has 0 radical (unpaired) electrons. The molecule has 0 aliphatic carbocycles. The summed E-state index contributed by atoms with van der Waals surface area (Å²) in [7, 11) is 0. The third-order valence-electron chi connectivity index (χ3n) is 4.59. The van der Waals surface area contributed by atoms with Crippen molar-refractivity contribution in [2.45, 2.75) is 33.0 Å². The molecule has 0 atom stereocenters. The van der Waals surface area contributed by atoms with Crippen LogP contribution in [0.15, 0.2) is 54.7 Å². The first-order chi connectivity index (χ1) is 16.6. The van der Waals surface area contributed by atoms with Crippen molar-refractivity contribution in [1.82, 2.24) is 14.8 Å². The number of nitriles is 1. The minimum Gasteiger partial charge on any atom is -0.487 e. The number of nitrogens with zero attached hydrogens (tertiary/aromatic N) is 4. The van der Waals surface area contributed by atoms with Crippen molar-refractivity contribution in [2.24, 2.45) is 0 Å². The van der Waals surface area contributed by atoms with Gasteiger partial charge in [-0.3, -0.25) is 0 Å². The summed E-state index contributed by atoms with van der Waals surface area (Å²) < 4.78 is 18.3. The Morgan fingerprint density at radius 2 is 1.91 bits per heavy atom. The molecule has 0 aliphatic rings. The Bertz CT molecular complexity index is 1450. The van der Waals surface area contributed by atoms with E-state index in [-0.39, 0.29) is 6.61 Å². The van der Waals surface area contributed by atoms with E-state index in [1.54, 1.807) is 69.4 Å². The molecule has 0 fully saturated rings. The lowest BCUT2D eigenvalue weighted by Crippen LogP contribution is -2.28. The van der Waals surface area contributed by atoms with E-state index in [9.17, 15) is 4.79 Å². The minimum absolute atomic E-state index is 0.0504. The first kappa shape index (κ1) is 24.3. The summed E-state index contributed by atoms with van der Waals surface area (Å²) in [6.07, 6.45) is 0.944. The molecule has 0 amide bonds. The van der Waals surface area contributed by atoms with Gasteiger partial charge in [0.05, 0.1) is 16.7 Å². The van der Waals surface area contributed by atoms with Crippen LogP contribution in [0.3, 0.4) is 0 Å². The molecular weight excluding hydrogens is 491 g/mol. The Balaban J connectivity index is 1.57. The number of halogens is 2. The van der Waals surface area contributed by atoms with Crippen LogP contribution in [0.25, 0.3) is 11.0 Å². The van der Waals surface area contributed by atoms with Crippen molar-refractivity contribution >= 4 is 40.3 Å². The summed E-state index contributed by atoms with van der Waals surface area (Å²) in [6, 6.07) is 15.2. The van der Waals surface area contributed by atoms with Gasteiger partial charge in [-0.05, 0) is 63.2 Å². The third kappa shape index (κ3) is 5.83. The molecule has 0 saturated carbocycles. The SMILES string of the molecule is CC(C)(C)OC(=O)n1nc(COc2ccc(Cl)c(Oc3cc(Cl)cc(C#N)c3)c2)c2cccnc21. The number of aromatic nitrogens is 3. The molecule has 0 bridgehead atoms. The van der Waals surface area contributed by atoms with Gasteiger partial charge in [0.15, 0.2) is 5.65 Å². The Kier molecular flexibility index (Phi) is 6.83. The quantitative estimate of drug-likeness (QED) is 0.292. The molecule has 0 saturated heterocycles. The number of pyridine rings is 1. The highest BCUT2D eigenvalue weighted by atomic mass is 35.5. The van der Waals surface area contributed by atoms with Crippen LogP contribution in [0.2, 0.25) is 10.0 Å². The maximum Gasteiger partial charge on any atom is 0.437 e. The van der Waals surface area contributed by atoms with E-state index in [0.717, 1.165) is 4.68 Å². The fourth-order valence-corrected chi connectivity index (χ4v) is 3.55. The molecule has 10 heteroatoms.